The van der Waals surface area contributed by atoms with Gasteiger partial charge in [0, 0.05) is 10.6 Å². The molecule has 0 spiro atoms. The Balaban J connectivity index is 1.27. The minimum absolute atomic E-state index is 0.206. The van der Waals surface area contributed by atoms with E-state index in [1.54, 1.807) is 25.1 Å². The van der Waals surface area contributed by atoms with Crippen molar-refractivity contribution in [3.8, 4) is 11.8 Å². The molecule has 0 radical (unpaired) electrons. The van der Waals surface area contributed by atoms with Gasteiger partial charge in [0.2, 0.25) is 0 Å². The summed E-state index contributed by atoms with van der Waals surface area (Å²) in [7, 11) is 0. The van der Waals surface area contributed by atoms with Crippen LogP contribution >= 0.6 is 34.3 Å². The summed E-state index contributed by atoms with van der Waals surface area (Å²) in [5, 5.41) is 17.4. The Labute approximate surface area is 205 Å². The molecule has 9 nitrogen and oxygen atoms in total. The second-order valence-electron chi connectivity index (χ2n) is 7.56. The van der Waals surface area contributed by atoms with Crippen LogP contribution in [0.25, 0.3) is 9.66 Å². The standard InChI is InChI=1S/C22H15ClN4O5S2/c1-11(12-4-2-3-5-13(12)23)32-21(30)24-15-10-31-27-14(15)6-7-16-25-17-18(33-16)26-19(34-17)22(8-9-22)20(28)29/h2-5,10-11H,8-9H2,1H3,(H,24,30)(H,28,29). The topological polar surface area (TPSA) is 127 Å². The number of benzene rings is 1. The zero-order chi connectivity index (χ0) is 23.9. The average Bonchev–Trinajstić information content (AvgIpc) is 3.12. The van der Waals surface area contributed by atoms with Crippen molar-refractivity contribution in [1.29, 1.82) is 0 Å². The van der Waals surface area contributed by atoms with Gasteiger partial charge in [-0.05, 0) is 37.7 Å². The molecule has 34 heavy (non-hydrogen) atoms. The normalized spacial score (nSPS) is 14.8. The summed E-state index contributed by atoms with van der Waals surface area (Å²) in [4.78, 5) is 34.0. The Morgan fingerprint density at radius 1 is 1.24 bits per heavy atom. The van der Waals surface area contributed by atoms with Gasteiger partial charge in [0.05, 0.1) is 0 Å². The molecule has 1 unspecified atom stereocenters. The summed E-state index contributed by atoms with van der Waals surface area (Å²) in [5.41, 5.74) is 0.286. The Morgan fingerprint density at radius 3 is 2.71 bits per heavy atom. The number of hydrogen-bond donors (Lipinski definition) is 2. The zero-order valence-corrected chi connectivity index (χ0v) is 19.9. The minimum atomic E-state index is -0.851. The summed E-state index contributed by atoms with van der Waals surface area (Å²) >= 11 is 8.69. The first-order valence-electron chi connectivity index (χ1n) is 10.1. The lowest BCUT2D eigenvalue weighted by Gasteiger charge is -2.14. The van der Waals surface area contributed by atoms with Crippen LogP contribution in [0, 0.1) is 11.8 Å². The second kappa shape index (κ2) is 8.72. The molecule has 2 N–H and O–H groups in total. The van der Waals surface area contributed by atoms with Crippen molar-refractivity contribution >= 4 is 61.7 Å². The van der Waals surface area contributed by atoms with Crippen LogP contribution in [0.3, 0.4) is 0 Å². The monoisotopic (exact) mass is 514 g/mol. The van der Waals surface area contributed by atoms with Crippen LogP contribution < -0.4 is 5.32 Å². The number of ether oxygens (including phenoxy) is 1. The predicted octanol–water partition coefficient (Wildman–Crippen LogP) is 5.22. The highest BCUT2D eigenvalue weighted by Gasteiger charge is 2.54. The second-order valence-corrected chi connectivity index (χ2v) is 9.92. The van der Waals surface area contributed by atoms with E-state index in [9.17, 15) is 14.7 Å². The van der Waals surface area contributed by atoms with Crippen LogP contribution in [0.5, 0.6) is 0 Å². The van der Waals surface area contributed by atoms with Gasteiger partial charge in [-0.2, -0.15) is 0 Å². The number of fused-ring (bicyclic) bond motifs is 1. The lowest BCUT2D eigenvalue weighted by molar-refractivity contribution is -0.140. The Hall–Kier alpha value is -3.46. The van der Waals surface area contributed by atoms with Gasteiger partial charge in [0.1, 0.15) is 28.5 Å². The molecule has 1 aliphatic rings. The summed E-state index contributed by atoms with van der Waals surface area (Å²) in [5.74, 6) is 4.85. The third-order valence-corrected chi connectivity index (χ3v) is 7.76. The maximum absolute atomic E-state index is 12.3. The first-order valence-corrected chi connectivity index (χ1v) is 12.1. The number of carboxylic acids is 1. The van der Waals surface area contributed by atoms with Crippen LogP contribution in [0.1, 0.15) is 47.1 Å². The number of nitrogens with zero attached hydrogens (tertiary/aromatic N) is 3. The third-order valence-electron chi connectivity index (χ3n) is 5.27. The number of halogens is 1. The molecular formula is C22H15ClN4O5S2. The molecule has 0 saturated heterocycles. The Bertz CT molecular complexity index is 1450. The molecule has 3 aromatic heterocycles. The molecule has 5 rings (SSSR count). The van der Waals surface area contributed by atoms with Gasteiger partial charge in [-0.25, -0.2) is 14.8 Å². The number of amides is 1. The SMILES string of the molecule is CC(OC(=O)Nc1conc1C#Cc1nc2sc(C3(C(=O)O)CC3)nc2s1)c1ccccc1Cl. The van der Waals surface area contributed by atoms with Crippen molar-refractivity contribution in [2.45, 2.75) is 31.3 Å². The molecule has 0 aliphatic heterocycles. The first kappa shape index (κ1) is 22.3. The van der Waals surface area contributed by atoms with Crippen molar-refractivity contribution in [2.75, 3.05) is 5.32 Å². The Morgan fingerprint density at radius 2 is 2.00 bits per heavy atom. The number of thiazole rings is 2. The fraction of sp³-hybridized carbons (Fsp3) is 0.227. The highest BCUT2D eigenvalue weighted by atomic mass is 35.5. The number of rotatable bonds is 5. The fourth-order valence-electron chi connectivity index (χ4n) is 3.24. The van der Waals surface area contributed by atoms with E-state index >= 15 is 0 Å². The van der Waals surface area contributed by atoms with E-state index in [-0.39, 0.29) is 11.4 Å². The van der Waals surface area contributed by atoms with Crippen molar-refractivity contribution in [2.24, 2.45) is 0 Å². The van der Waals surface area contributed by atoms with Gasteiger partial charge >= 0.3 is 12.1 Å². The van der Waals surface area contributed by atoms with E-state index in [1.807, 2.05) is 6.07 Å². The van der Waals surface area contributed by atoms with Gasteiger partial charge in [0.25, 0.3) is 0 Å². The molecule has 1 fully saturated rings. The van der Waals surface area contributed by atoms with Gasteiger partial charge in [-0.3, -0.25) is 10.1 Å². The number of aliphatic carboxylic acids is 1. The highest BCUT2D eigenvalue weighted by Crippen LogP contribution is 2.50. The Kier molecular flexibility index (Phi) is 5.73. The number of carbonyl (C=O) groups is 2. The lowest BCUT2D eigenvalue weighted by Crippen LogP contribution is -2.18. The van der Waals surface area contributed by atoms with E-state index in [1.165, 1.54) is 28.9 Å². The lowest BCUT2D eigenvalue weighted by atomic mass is 10.1. The fourth-order valence-corrected chi connectivity index (χ4v) is 5.66. The van der Waals surface area contributed by atoms with Gasteiger partial charge in [-0.15, -0.1) is 0 Å². The van der Waals surface area contributed by atoms with Crippen LogP contribution in [0.4, 0.5) is 10.5 Å². The molecule has 3 heterocycles. The van der Waals surface area contributed by atoms with Gasteiger partial charge in [0.15, 0.2) is 20.4 Å². The van der Waals surface area contributed by atoms with E-state index in [0.29, 0.717) is 43.1 Å². The molecule has 1 aromatic carbocycles. The van der Waals surface area contributed by atoms with Gasteiger partial charge in [-0.1, -0.05) is 57.6 Å². The number of carbonyl (C=O) groups excluding carboxylic acids is 1. The van der Waals surface area contributed by atoms with E-state index < -0.39 is 23.6 Å². The number of carboxylic acid groups (broad SMARTS) is 1. The molecule has 1 aliphatic carbocycles. The zero-order valence-electron chi connectivity index (χ0n) is 17.5. The molecule has 0 bridgehead atoms. The number of aromatic nitrogens is 3. The quantitative estimate of drug-likeness (QED) is 0.347. The third kappa shape index (κ3) is 4.23. The largest absolute Gasteiger partial charge is 0.481 e. The predicted molar refractivity (Wildman–Crippen MR) is 126 cm³/mol. The smallest absolute Gasteiger partial charge is 0.412 e. The van der Waals surface area contributed by atoms with E-state index in [4.69, 9.17) is 20.9 Å². The van der Waals surface area contributed by atoms with Crippen LogP contribution in [0.15, 0.2) is 35.1 Å². The highest BCUT2D eigenvalue weighted by molar-refractivity contribution is 7.26. The average molecular weight is 515 g/mol. The molecule has 172 valence electrons. The summed E-state index contributed by atoms with van der Waals surface area (Å²) in [6.07, 6.45) is 1.16. The summed E-state index contributed by atoms with van der Waals surface area (Å²) < 4.78 is 10.3. The van der Waals surface area contributed by atoms with Gasteiger partial charge < -0.3 is 14.4 Å². The molecule has 1 amide bonds. The summed E-state index contributed by atoms with van der Waals surface area (Å²) in [6, 6.07) is 7.10. The van der Waals surface area contributed by atoms with Crippen molar-refractivity contribution in [1.82, 2.24) is 15.1 Å². The first-order chi connectivity index (χ1) is 16.4. The van der Waals surface area contributed by atoms with Crippen molar-refractivity contribution in [3.63, 3.8) is 0 Å². The van der Waals surface area contributed by atoms with E-state index in [2.05, 4.69) is 32.3 Å². The summed E-state index contributed by atoms with van der Waals surface area (Å²) in [6.45, 7) is 1.71. The van der Waals surface area contributed by atoms with Crippen molar-refractivity contribution in [3.05, 3.63) is 56.8 Å². The van der Waals surface area contributed by atoms with E-state index in [0.717, 1.165) is 0 Å². The number of nitrogens with one attached hydrogen (secondary N) is 1. The van der Waals surface area contributed by atoms with Crippen LogP contribution in [-0.2, 0) is 14.9 Å². The minimum Gasteiger partial charge on any atom is -0.481 e. The maximum atomic E-state index is 12.3. The molecule has 1 saturated carbocycles. The molecule has 1 atom stereocenters. The number of hydrogen-bond acceptors (Lipinski definition) is 9. The van der Waals surface area contributed by atoms with Crippen LogP contribution in [0.2, 0.25) is 5.02 Å². The number of anilines is 1. The van der Waals surface area contributed by atoms with Crippen LogP contribution in [-0.4, -0.2) is 32.3 Å². The van der Waals surface area contributed by atoms with Crippen molar-refractivity contribution < 1.29 is 24.0 Å². The molecule has 4 aromatic rings. The molecule has 12 heteroatoms. The maximum Gasteiger partial charge on any atom is 0.412 e. The molecular weight excluding hydrogens is 500 g/mol.